The molecule has 3 rings (SSSR count). The Balaban J connectivity index is 1.91. The highest BCUT2D eigenvalue weighted by molar-refractivity contribution is 5.86. The number of hydrogen-bond donors (Lipinski definition) is 1. The Bertz CT molecular complexity index is 837. The van der Waals surface area contributed by atoms with Crippen LogP contribution in [0.25, 0.3) is 10.9 Å². The Hall–Kier alpha value is -2.93. The maximum Gasteiger partial charge on any atom is 0.128 e. The van der Waals surface area contributed by atoms with Crippen molar-refractivity contribution in [3.8, 4) is 6.07 Å². The average molecular weight is 277 g/mol. The smallest absolute Gasteiger partial charge is 0.128 e. The number of rotatable bonds is 3. The van der Waals surface area contributed by atoms with Crippen LogP contribution < -0.4 is 5.32 Å². The lowest BCUT2D eigenvalue weighted by Gasteiger charge is -2.08. The van der Waals surface area contributed by atoms with E-state index < -0.39 is 0 Å². The van der Waals surface area contributed by atoms with Crippen LogP contribution in [0.3, 0.4) is 0 Å². The molecule has 4 heteroatoms. The van der Waals surface area contributed by atoms with Gasteiger partial charge in [0.25, 0.3) is 0 Å². The molecule has 0 spiro atoms. The summed E-state index contributed by atoms with van der Waals surface area (Å²) in [5, 5.41) is 13.1. The van der Waals surface area contributed by atoms with Crippen LogP contribution in [-0.4, -0.2) is 4.98 Å². The van der Waals surface area contributed by atoms with Gasteiger partial charge in [0.15, 0.2) is 0 Å². The molecule has 0 unspecified atom stereocenters. The third-order valence-electron chi connectivity index (χ3n) is 3.25. The fraction of sp³-hybridized carbons (Fsp3) is 0.0588. The van der Waals surface area contributed by atoms with Gasteiger partial charge < -0.3 is 5.32 Å². The van der Waals surface area contributed by atoms with Crippen molar-refractivity contribution in [3.63, 3.8) is 0 Å². The van der Waals surface area contributed by atoms with Crippen molar-refractivity contribution < 1.29 is 4.39 Å². The number of aromatic nitrogens is 1. The number of para-hydroxylation sites is 1. The van der Waals surface area contributed by atoms with Gasteiger partial charge in [0.2, 0.25) is 0 Å². The number of pyridine rings is 1. The van der Waals surface area contributed by atoms with E-state index in [1.54, 1.807) is 24.3 Å². The van der Waals surface area contributed by atoms with E-state index in [0.717, 1.165) is 10.9 Å². The highest BCUT2D eigenvalue weighted by atomic mass is 19.1. The maximum atomic E-state index is 13.6. The molecule has 0 amide bonds. The first-order valence-corrected chi connectivity index (χ1v) is 6.55. The third kappa shape index (κ3) is 2.67. The summed E-state index contributed by atoms with van der Waals surface area (Å²) in [6, 6.07) is 17.9. The Morgan fingerprint density at radius 1 is 1.10 bits per heavy atom. The van der Waals surface area contributed by atoms with Crippen molar-refractivity contribution in [1.82, 2.24) is 4.98 Å². The summed E-state index contributed by atoms with van der Waals surface area (Å²) >= 11 is 0. The Labute approximate surface area is 121 Å². The molecule has 0 radical (unpaired) electrons. The van der Waals surface area contributed by atoms with Gasteiger partial charge in [0.05, 0.1) is 17.1 Å². The summed E-state index contributed by atoms with van der Waals surface area (Å²) in [7, 11) is 0. The lowest BCUT2D eigenvalue weighted by Crippen LogP contribution is -2.04. The van der Waals surface area contributed by atoms with E-state index in [2.05, 4.69) is 16.4 Å². The lowest BCUT2D eigenvalue weighted by atomic mass is 10.1. The molecule has 0 aliphatic carbocycles. The van der Waals surface area contributed by atoms with E-state index in [9.17, 15) is 9.65 Å². The third-order valence-corrected chi connectivity index (χ3v) is 3.25. The first-order valence-electron chi connectivity index (χ1n) is 6.55. The highest BCUT2D eigenvalue weighted by Gasteiger charge is 2.06. The minimum atomic E-state index is -0.258. The molecule has 3 nitrogen and oxygen atoms in total. The standard InChI is InChI=1S/C17H12FN3/c18-15-7-3-1-5-12(15)11-20-17-9-13(10-19)14-6-2-4-8-16(14)21-17/h1-9H,11H2,(H,20,21). The summed E-state index contributed by atoms with van der Waals surface area (Å²) in [5.74, 6) is 0.305. The summed E-state index contributed by atoms with van der Waals surface area (Å²) in [6.07, 6.45) is 0. The number of nitrogens with zero attached hydrogens (tertiary/aromatic N) is 2. The Morgan fingerprint density at radius 2 is 1.86 bits per heavy atom. The predicted molar refractivity (Wildman–Crippen MR) is 80.2 cm³/mol. The first kappa shape index (κ1) is 13.1. The van der Waals surface area contributed by atoms with Gasteiger partial charge in [-0.15, -0.1) is 0 Å². The molecular formula is C17H12FN3. The molecule has 1 heterocycles. The van der Waals surface area contributed by atoms with Crippen LogP contribution in [0.1, 0.15) is 11.1 Å². The molecule has 1 aromatic heterocycles. The van der Waals surface area contributed by atoms with Crippen molar-refractivity contribution in [2.75, 3.05) is 5.32 Å². The molecule has 0 aliphatic rings. The number of benzene rings is 2. The van der Waals surface area contributed by atoms with Gasteiger partial charge in [0.1, 0.15) is 11.6 Å². The summed E-state index contributed by atoms with van der Waals surface area (Å²) < 4.78 is 13.6. The maximum absolute atomic E-state index is 13.6. The fourth-order valence-corrected chi connectivity index (χ4v) is 2.19. The van der Waals surface area contributed by atoms with Crippen LogP contribution in [-0.2, 0) is 6.54 Å². The molecular weight excluding hydrogens is 265 g/mol. The van der Waals surface area contributed by atoms with Gasteiger partial charge in [-0.3, -0.25) is 0 Å². The number of anilines is 1. The van der Waals surface area contributed by atoms with Crippen LogP contribution in [0.4, 0.5) is 10.2 Å². The molecule has 2 aromatic carbocycles. The molecule has 1 N–H and O–H groups in total. The zero-order valence-electron chi connectivity index (χ0n) is 11.2. The normalized spacial score (nSPS) is 10.3. The molecule has 0 saturated carbocycles. The number of nitriles is 1. The molecule has 102 valence electrons. The van der Waals surface area contributed by atoms with E-state index in [-0.39, 0.29) is 5.82 Å². The first-order chi connectivity index (χ1) is 10.3. The van der Waals surface area contributed by atoms with E-state index in [4.69, 9.17) is 0 Å². The second kappa shape index (κ2) is 5.59. The molecule has 21 heavy (non-hydrogen) atoms. The topological polar surface area (TPSA) is 48.7 Å². The van der Waals surface area contributed by atoms with Gasteiger partial charge in [-0.1, -0.05) is 36.4 Å². The van der Waals surface area contributed by atoms with Crippen molar-refractivity contribution in [1.29, 1.82) is 5.26 Å². The van der Waals surface area contributed by atoms with Crippen molar-refractivity contribution in [2.24, 2.45) is 0 Å². The largest absolute Gasteiger partial charge is 0.366 e. The van der Waals surface area contributed by atoms with Crippen LogP contribution >= 0.6 is 0 Å². The minimum absolute atomic E-state index is 0.258. The molecule has 0 fully saturated rings. The second-order valence-electron chi connectivity index (χ2n) is 4.63. The SMILES string of the molecule is N#Cc1cc(NCc2ccccc2F)nc2ccccc12. The van der Waals surface area contributed by atoms with Crippen LogP contribution in [0.15, 0.2) is 54.6 Å². The zero-order valence-corrected chi connectivity index (χ0v) is 11.2. The average Bonchev–Trinajstić information content (AvgIpc) is 2.53. The molecule has 0 saturated heterocycles. The van der Waals surface area contributed by atoms with Crippen LogP contribution in [0.5, 0.6) is 0 Å². The Kier molecular flexibility index (Phi) is 3.48. The van der Waals surface area contributed by atoms with Crippen molar-refractivity contribution in [3.05, 3.63) is 71.5 Å². The predicted octanol–water partition coefficient (Wildman–Crippen LogP) is 3.86. The molecule has 0 bridgehead atoms. The lowest BCUT2D eigenvalue weighted by molar-refractivity contribution is 0.613. The molecule has 0 atom stereocenters. The highest BCUT2D eigenvalue weighted by Crippen LogP contribution is 2.20. The number of nitrogens with one attached hydrogen (secondary N) is 1. The van der Waals surface area contributed by atoms with Crippen molar-refractivity contribution in [2.45, 2.75) is 6.54 Å². The van der Waals surface area contributed by atoms with E-state index in [1.807, 2.05) is 24.3 Å². The van der Waals surface area contributed by atoms with Gasteiger partial charge in [0, 0.05) is 17.5 Å². The number of fused-ring (bicyclic) bond motifs is 1. The van der Waals surface area contributed by atoms with E-state index >= 15 is 0 Å². The van der Waals surface area contributed by atoms with Crippen LogP contribution in [0, 0.1) is 17.1 Å². The van der Waals surface area contributed by atoms with Crippen molar-refractivity contribution >= 4 is 16.7 Å². The van der Waals surface area contributed by atoms with Gasteiger partial charge >= 0.3 is 0 Å². The van der Waals surface area contributed by atoms with E-state index in [1.165, 1.54) is 6.07 Å². The Morgan fingerprint density at radius 3 is 2.67 bits per heavy atom. The summed E-state index contributed by atoms with van der Waals surface area (Å²) in [4.78, 5) is 4.44. The van der Waals surface area contributed by atoms with Gasteiger partial charge in [-0.2, -0.15) is 5.26 Å². The van der Waals surface area contributed by atoms with Gasteiger partial charge in [-0.25, -0.2) is 9.37 Å². The molecule has 0 aliphatic heterocycles. The van der Waals surface area contributed by atoms with E-state index in [0.29, 0.717) is 23.5 Å². The number of hydrogen-bond acceptors (Lipinski definition) is 3. The monoisotopic (exact) mass is 277 g/mol. The quantitative estimate of drug-likeness (QED) is 0.791. The zero-order chi connectivity index (χ0) is 14.7. The van der Waals surface area contributed by atoms with Gasteiger partial charge in [-0.05, 0) is 18.2 Å². The number of halogens is 1. The van der Waals surface area contributed by atoms with Crippen LogP contribution in [0.2, 0.25) is 0 Å². The minimum Gasteiger partial charge on any atom is -0.366 e. The second-order valence-corrected chi connectivity index (χ2v) is 4.63. The summed E-state index contributed by atoms with van der Waals surface area (Å²) in [6.45, 7) is 0.322. The molecule has 3 aromatic rings. The fourth-order valence-electron chi connectivity index (χ4n) is 2.19. The summed E-state index contributed by atoms with van der Waals surface area (Å²) in [5.41, 5.74) is 1.86.